The topological polar surface area (TPSA) is 95.9 Å². The van der Waals surface area contributed by atoms with Gasteiger partial charge in [0.15, 0.2) is 0 Å². The monoisotopic (exact) mass is 860 g/mol. The third kappa shape index (κ3) is 47.7. The first-order valence-electron chi connectivity index (χ1n) is 27.1. The molecule has 0 aliphatic heterocycles. The summed E-state index contributed by atoms with van der Waals surface area (Å²) in [6.45, 7) is 4.88. The first-order valence-corrected chi connectivity index (χ1v) is 27.1. The maximum absolute atomic E-state index is 12.5. The highest BCUT2D eigenvalue weighted by atomic mass is 16.5. The van der Waals surface area contributed by atoms with E-state index in [2.05, 4.69) is 43.5 Å². The van der Waals surface area contributed by atoms with Crippen LogP contribution in [-0.4, -0.2) is 47.4 Å². The second-order valence-electron chi connectivity index (χ2n) is 18.6. The number of hydrogen-bond acceptors (Lipinski definition) is 5. The number of carbonyl (C=O) groups excluding carboxylic acids is 2. The van der Waals surface area contributed by atoms with Gasteiger partial charge < -0.3 is 20.3 Å². The predicted molar refractivity (Wildman–Crippen MR) is 264 cm³/mol. The van der Waals surface area contributed by atoms with Crippen molar-refractivity contribution in [1.82, 2.24) is 5.32 Å². The van der Waals surface area contributed by atoms with Gasteiger partial charge in [-0.25, -0.2) is 0 Å². The van der Waals surface area contributed by atoms with Crippen LogP contribution in [0.4, 0.5) is 0 Å². The van der Waals surface area contributed by atoms with Crippen LogP contribution in [0.1, 0.15) is 290 Å². The van der Waals surface area contributed by atoms with Crippen molar-refractivity contribution in [2.24, 2.45) is 0 Å². The number of aliphatic hydroxyl groups excluding tert-OH is 2. The molecule has 0 heterocycles. The van der Waals surface area contributed by atoms with E-state index in [0.29, 0.717) is 25.9 Å². The van der Waals surface area contributed by atoms with Crippen molar-refractivity contribution in [3.05, 3.63) is 24.3 Å². The van der Waals surface area contributed by atoms with Gasteiger partial charge in [0.05, 0.1) is 25.4 Å². The average Bonchev–Trinajstić information content (AvgIpc) is 3.26. The Balaban J connectivity index is 3.49. The molecule has 0 aliphatic rings. The van der Waals surface area contributed by atoms with Crippen LogP contribution in [0.2, 0.25) is 0 Å². The first-order chi connectivity index (χ1) is 30.0. The number of allylic oxidation sites excluding steroid dienone is 4. The SMILES string of the molecule is CCCC/C=C\CCCCCCCC(=O)OCCCCCC/C=C\CCCCCCCCCC(=O)NC(CO)C(O)CCCCCCCCCCCCCCCCCCCC. The van der Waals surface area contributed by atoms with Crippen LogP contribution in [0.3, 0.4) is 0 Å². The van der Waals surface area contributed by atoms with Crippen molar-refractivity contribution in [2.45, 2.75) is 302 Å². The van der Waals surface area contributed by atoms with Gasteiger partial charge in [-0.05, 0) is 70.6 Å². The van der Waals surface area contributed by atoms with Crippen molar-refractivity contribution >= 4 is 11.9 Å². The summed E-state index contributed by atoms with van der Waals surface area (Å²) in [5.41, 5.74) is 0. The first kappa shape index (κ1) is 59.3. The van der Waals surface area contributed by atoms with Crippen LogP contribution < -0.4 is 5.32 Å². The molecule has 360 valence electrons. The van der Waals surface area contributed by atoms with Crippen molar-refractivity contribution in [3.8, 4) is 0 Å². The van der Waals surface area contributed by atoms with Crippen LogP contribution in [0.5, 0.6) is 0 Å². The van der Waals surface area contributed by atoms with Gasteiger partial charge in [0.25, 0.3) is 0 Å². The third-order valence-electron chi connectivity index (χ3n) is 12.5. The van der Waals surface area contributed by atoms with Gasteiger partial charge in [-0.3, -0.25) is 9.59 Å². The van der Waals surface area contributed by atoms with E-state index in [9.17, 15) is 19.8 Å². The molecule has 0 aromatic carbocycles. The fourth-order valence-corrected chi connectivity index (χ4v) is 8.26. The zero-order valence-corrected chi connectivity index (χ0v) is 40.9. The van der Waals surface area contributed by atoms with Crippen LogP contribution in [0.25, 0.3) is 0 Å². The van der Waals surface area contributed by atoms with Gasteiger partial charge >= 0.3 is 5.97 Å². The highest BCUT2D eigenvalue weighted by Gasteiger charge is 2.20. The number of aliphatic hydroxyl groups is 2. The minimum Gasteiger partial charge on any atom is -0.466 e. The molecule has 3 N–H and O–H groups in total. The van der Waals surface area contributed by atoms with Gasteiger partial charge in [-0.15, -0.1) is 0 Å². The Morgan fingerprint density at radius 3 is 1.21 bits per heavy atom. The molecule has 0 spiro atoms. The Kier molecular flexibility index (Phi) is 49.6. The number of nitrogens with one attached hydrogen (secondary N) is 1. The van der Waals surface area contributed by atoms with Crippen LogP contribution in [0, 0.1) is 0 Å². The van der Waals surface area contributed by atoms with Crippen LogP contribution in [-0.2, 0) is 14.3 Å². The smallest absolute Gasteiger partial charge is 0.305 e. The Morgan fingerprint density at radius 1 is 0.443 bits per heavy atom. The Hall–Kier alpha value is -1.66. The van der Waals surface area contributed by atoms with E-state index in [1.54, 1.807) is 0 Å². The zero-order chi connectivity index (χ0) is 44.4. The lowest BCUT2D eigenvalue weighted by atomic mass is 10.0. The van der Waals surface area contributed by atoms with Gasteiger partial charge in [-0.1, -0.05) is 231 Å². The minimum atomic E-state index is -0.674. The number of carbonyl (C=O) groups is 2. The Morgan fingerprint density at radius 2 is 0.787 bits per heavy atom. The predicted octanol–water partition coefficient (Wildman–Crippen LogP) is 16.3. The average molecular weight is 860 g/mol. The molecule has 61 heavy (non-hydrogen) atoms. The highest BCUT2D eigenvalue weighted by Crippen LogP contribution is 2.17. The lowest BCUT2D eigenvalue weighted by Gasteiger charge is -2.22. The van der Waals surface area contributed by atoms with E-state index in [4.69, 9.17) is 4.74 Å². The molecule has 2 atom stereocenters. The molecule has 0 fully saturated rings. The van der Waals surface area contributed by atoms with E-state index in [0.717, 1.165) is 70.6 Å². The van der Waals surface area contributed by atoms with Crippen LogP contribution in [0.15, 0.2) is 24.3 Å². The molecule has 0 aromatic heterocycles. The third-order valence-corrected chi connectivity index (χ3v) is 12.5. The number of ether oxygens (including phenoxy) is 1. The van der Waals surface area contributed by atoms with Gasteiger partial charge in [0.1, 0.15) is 0 Å². The number of amides is 1. The zero-order valence-electron chi connectivity index (χ0n) is 40.9. The summed E-state index contributed by atoms with van der Waals surface area (Å²) in [5, 5.41) is 23.3. The maximum Gasteiger partial charge on any atom is 0.305 e. The number of hydrogen-bond donors (Lipinski definition) is 3. The summed E-state index contributed by atoms with van der Waals surface area (Å²) in [6, 6.07) is -0.553. The molecule has 6 heteroatoms. The Labute approximate surface area is 380 Å². The second kappa shape index (κ2) is 51.0. The molecule has 0 aliphatic carbocycles. The molecule has 0 saturated carbocycles. The van der Waals surface area contributed by atoms with E-state index >= 15 is 0 Å². The van der Waals surface area contributed by atoms with E-state index < -0.39 is 12.1 Å². The van der Waals surface area contributed by atoms with Gasteiger partial charge in [0, 0.05) is 12.8 Å². The second-order valence-corrected chi connectivity index (χ2v) is 18.6. The summed E-state index contributed by atoms with van der Waals surface area (Å²) < 4.78 is 5.43. The van der Waals surface area contributed by atoms with E-state index in [1.807, 2.05) is 0 Å². The van der Waals surface area contributed by atoms with Crippen molar-refractivity contribution in [1.29, 1.82) is 0 Å². The molecule has 1 amide bonds. The largest absolute Gasteiger partial charge is 0.466 e. The summed E-state index contributed by atoms with van der Waals surface area (Å²) in [4.78, 5) is 24.4. The van der Waals surface area contributed by atoms with Gasteiger partial charge in [-0.2, -0.15) is 0 Å². The standard InChI is InChI=1S/C55H105NO5/c1-3-5-7-9-11-13-15-16-17-18-19-21-24-28-31-35-39-43-47-53(58)52(51-57)56-54(59)48-44-40-36-32-29-25-22-20-23-26-30-34-38-42-46-50-61-55(60)49-45-41-37-33-27-14-12-10-8-6-4-2/h10,12,23,26,52-53,57-58H,3-9,11,13-22,24-25,27-51H2,1-2H3,(H,56,59)/b12-10-,26-23-. The molecule has 0 rings (SSSR count). The quantitative estimate of drug-likeness (QED) is 0.0322. The summed E-state index contributed by atoms with van der Waals surface area (Å²) in [6.07, 6.45) is 60.1. The van der Waals surface area contributed by atoms with Gasteiger partial charge in [0.2, 0.25) is 5.91 Å². The number of esters is 1. The Bertz CT molecular complexity index is 951. The lowest BCUT2D eigenvalue weighted by molar-refractivity contribution is -0.143. The molecule has 2 unspecified atom stereocenters. The molecule has 0 radical (unpaired) electrons. The fraction of sp³-hybridized carbons (Fsp3) is 0.891. The molecule has 0 aromatic rings. The summed E-state index contributed by atoms with van der Waals surface area (Å²) >= 11 is 0. The van der Waals surface area contributed by atoms with Crippen molar-refractivity contribution < 1.29 is 24.5 Å². The van der Waals surface area contributed by atoms with Crippen molar-refractivity contribution in [2.75, 3.05) is 13.2 Å². The highest BCUT2D eigenvalue weighted by molar-refractivity contribution is 5.76. The maximum atomic E-state index is 12.5. The van der Waals surface area contributed by atoms with E-state index in [-0.39, 0.29) is 18.5 Å². The fourth-order valence-electron chi connectivity index (χ4n) is 8.26. The number of rotatable bonds is 50. The minimum absolute atomic E-state index is 0.0210. The van der Waals surface area contributed by atoms with Crippen molar-refractivity contribution in [3.63, 3.8) is 0 Å². The normalized spacial score (nSPS) is 12.8. The molecular weight excluding hydrogens is 755 g/mol. The van der Waals surface area contributed by atoms with Crippen LogP contribution >= 0.6 is 0 Å². The molecule has 6 nitrogen and oxygen atoms in total. The molecule has 0 bridgehead atoms. The summed E-state index contributed by atoms with van der Waals surface area (Å²) in [7, 11) is 0. The number of unbranched alkanes of at least 4 members (excludes halogenated alkanes) is 35. The molecule has 0 saturated heterocycles. The molecular formula is C55H105NO5. The lowest BCUT2D eigenvalue weighted by Crippen LogP contribution is -2.45. The summed E-state index contributed by atoms with van der Waals surface area (Å²) in [5.74, 6) is -0.0700. The van der Waals surface area contributed by atoms with E-state index in [1.165, 1.54) is 186 Å².